The Kier molecular flexibility index (Phi) is 2.66. The van der Waals surface area contributed by atoms with Gasteiger partial charge in [0.05, 0.1) is 14.2 Å². The van der Waals surface area contributed by atoms with Crippen LogP contribution in [0.5, 0.6) is 11.5 Å². The summed E-state index contributed by atoms with van der Waals surface area (Å²) in [6.07, 6.45) is 2.16. The third kappa shape index (κ3) is 1.63. The van der Waals surface area contributed by atoms with Gasteiger partial charge in [0.1, 0.15) is 5.82 Å². The highest BCUT2D eigenvalue weighted by Gasteiger charge is 2.19. The van der Waals surface area contributed by atoms with Gasteiger partial charge in [-0.05, 0) is 24.6 Å². The number of benzene rings is 1. The maximum absolute atomic E-state index is 5.31. The van der Waals surface area contributed by atoms with Gasteiger partial charge in [-0.1, -0.05) is 0 Å². The second-order valence-corrected chi connectivity index (χ2v) is 4.26. The molecule has 0 radical (unpaired) electrons. The first-order valence-corrected chi connectivity index (χ1v) is 5.98. The molecule has 0 saturated carbocycles. The number of methoxy groups -OCH3 is 2. The van der Waals surface area contributed by atoms with Crippen LogP contribution in [-0.4, -0.2) is 29.0 Å². The zero-order chi connectivity index (χ0) is 12.5. The molecule has 1 aromatic carbocycles. The first-order chi connectivity index (χ1) is 8.83. The molecule has 1 aliphatic rings. The molecule has 5 nitrogen and oxygen atoms in total. The van der Waals surface area contributed by atoms with Gasteiger partial charge in [0, 0.05) is 18.5 Å². The van der Waals surface area contributed by atoms with Gasteiger partial charge in [0.15, 0.2) is 17.3 Å². The van der Waals surface area contributed by atoms with E-state index in [1.165, 1.54) is 0 Å². The summed E-state index contributed by atoms with van der Waals surface area (Å²) in [5, 5.41) is 8.47. The first-order valence-electron chi connectivity index (χ1n) is 5.98. The molecule has 0 spiro atoms. The number of aryl methyl sites for hydroxylation is 1. The Morgan fingerprint density at radius 2 is 1.94 bits per heavy atom. The molecule has 5 heteroatoms. The van der Waals surface area contributed by atoms with Crippen LogP contribution in [0.15, 0.2) is 18.2 Å². The lowest BCUT2D eigenvalue weighted by atomic mass is 10.2. The number of nitrogens with zero attached hydrogens (tertiary/aromatic N) is 3. The normalized spacial score (nSPS) is 13.4. The van der Waals surface area contributed by atoms with Crippen molar-refractivity contribution in [3.63, 3.8) is 0 Å². The van der Waals surface area contributed by atoms with Gasteiger partial charge in [0.25, 0.3) is 0 Å². The molecule has 0 N–H and O–H groups in total. The van der Waals surface area contributed by atoms with Crippen LogP contribution in [0.2, 0.25) is 0 Å². The van der Waals surface area contributed by atoms with Crippen molar-refractivity contribution >= 4 is 0 Å². The van der Waals surface area contributed by atoms with Crippen molar-refractivity contribution in [1.29, 1.82) is 0 Å². The maximum atomic E-state index is 5.31. The van der Waals surface area contributed by atoms with E-state index in [1.807, 2.05) is 18.2 Å². The lowest BCUT2D eigenvalue weighted by molar-refractivity contribution is 0.355. The summed E-state index contributed by atoms with van der Waals surface area (Å²) < 4.78 is 12.7. The first kappa shape index (κ1) is 11.1. The quantitative estimate of drug-likeness (QED) is 0.828. The molecule has 18 heavy (non-hydrogen) atoms. The molecule has 1 aliphatic heterocycles. The second kappa shape index (κ2) is 4.33. The Labute approximate surface area is 105 Å². The minimum Gasteiger partial charge on any atom is -0.493 e. The van der Waals surface area contributed by atoms with Crippen molar-refractivity contribution < 1.29 is 9.47 Å². The highest BCUT2D eigenvalue weighted by Crippen LogP contribution is 2.32. The third-order valence-electron chi connectivity index (χ3n) is 3.25. The van der Waals surface area contributed by atoms with Gasteiger partial charge in [-0.25, -0.2) is 0 Å². The van der Waals surface area contributed by atoms with Crippen LogP contribution in [0.1, 0.15) is 12.2 Å². The third-order valence-corrected chi connectivity index (χ3v) is 3.25. The van der Waals surface area contributed by atoms with Crippen molar-refractivity contribution in [2.45, 2.75) is 19.4 Å². The van der Waals surface area contributed by atoms with Crippen LogP contribution in [0.25, 0.3) is 11.4 Å². The number of fused-ring (bicyclic) bond motifs is 1. The van der Waals surface area contributed by atoms with E-state index in [4.69, 9.17) is 9.47 Å². The Balaban J connectivity index is 2.06. The standard InChI is InChI=1S/C13H15N3O2/c1-17-10-6-5-9(8-11(10)18-2)13-15-14-12-4-3-7-16(12)13/h5-6,8H,3-4,7H2,1-2H3. The second-order valence-electron chi connectivity index (χ2n) is 4.26. The zero-order valence-corrected chi connectivity index (χ0v) is 10.5. The summed E-state index contributed by atoms with van der Waals surface area (Å²) >= 11 is 0. The van der Waals surface area contributed by atoms with Crippen LogP contribution >= 0.6 is 0 Å². The van der Waals surface area contributed by atoms with E-state index < -0.39 is 0 Å². The maximum Gasteiger partial charge on any atom is 0.164 e. The molecule has 0 bridgehead atoms. The molecule has 0 aliphatic carbocycles. The summed E-state index contributed by atoms with van der Waals surface area (Å²) in [6, 6.07) is 5.82. The molecule has 2 heterocycles. The molecular weight excluding hydrogens is 230 g/mol. The number of hydrogen-bond donors (Lipinski definition) is 0. The Hall–Kier alpha value is -2.04. The molecule has 2 aromatic rings. The summed E-state index contributed by atoms with van der Waals surface area (Å²) in [5.41, 5.74) is 1.01. The lowest BCUT2D eigenvalue weighted by Gasteiger charge is -2.09. The monoisotopic (exact) mass is 245 g/mol. The van der Waals surface area contributed by atoms with Crippen LogP contribution in [0, 0.1) is 0 Å². The van der Waals surface area contributed by atoms with Crippen LogP contribution in [0.4, 0.5) is 0 Å². The van der Waals surface area contributed by atoms with Crippen molar-refractivity contribution in [1.82, 2.24) is 14.8 Å². The lowest BCUT2D eigenvalue weighted by Crippen LogP contribution is -1.97. The van der Waals surface area contributed by atoms with Crippen LogP contribution < -0.4 is 9.47 Å². The van der Waals surface area contributed by atoms with Gasteiger partial charge < -0.3 is 14.0 Å². The minimum atomic E-state index is 0.713. The van der Waals surface area contributed by atoms with Crippen LogP contribution in [-0.2, 0) is 13.0 Å². The highest BCUT2D eigenvalue weighted by atomic mass is 16.5. The Bertz CT molecular complexity index is 578. The zero-order valence-electron chi connectivity index (χ0n) is 10.5. The Morgan fingerprint density at radius 3 is 2.72 bits per heavy atom. The molecular formula is C13H15N3O2. The van der Waals surface area contributed by atoms with Crippen molar-refractivity contribution in [2.24, 2.45) is 0 Å². The molecule has 0 saturated heterocycles. The fourth-order valence-corrected chi connectivity index (χ4v) is 2.34. The Morgan fingerprint density at radius 1 is 1.11 bits per heavy atom. The predicted octanol–water partition coefficient (Wildman–Crippen LogP) is 1.91. The van der Waals surface area contributed by atoms with E-state index in [0.717, 1.165) is 42.3 Å². The number of ether oxygens (including phenoxy) is 2. The molecule has 0 fully saturated rings. The molecule has 94 valence electrons. The number of hydrogen-bond acceptors (Lipinski definition) is 4. The molecule has 3 rings (SSSR count). The van der Waals surface area contributed by atoms with Crippen LogP contribution in [0.3, 0.4) is 0 Å². The number of rotatable bonds is 3. The summed E-state index contributed by atoms with van der Waals surface area (Å²) in [5.74, 6) is 3.41. The molecule has 0 atom stereocenters. The van der Waals surface area contributed by atoms with Gasteiger partial charge in [-0.2, -0.15) is 0 Å². The van der Waals surface area contributed by atoms with Gasteiger partial charge in [-0.15, -0.1) is 10.2 Å². The van der Waals surface area contributed by atoms with E-state index in [9.17, 15) is 0 Å². The summed E-state index contributed by atoms with van der Waals surface area (Å²) in [6.45, 7) is 0.992. The van der Waals surface area contributed by atoms with Gasteiger partial charge >= 0.3 is 0 Å². The summed E-state index contributed by atoms with van der Waals surface area (Å²) in [4.78, 5) is 0. The predicted molar refractivity (Wildman–Crippen MR) is 66.9 cm³/mol. The smallest absolute Gasteiger partial charge is 0.164 e. The molecule has 1 aromatic heterocycles. The van der Waals surface area contributed by atoms with Crippen molar-refractivity contribution in [3.05, 3.63) is 24.0 Å². The number of aromatic nitrogens is 3. The van der Waals surface area contributed by atoms with Gasteiger partial charge in [-0.3, -0.25) is 0 Å². The highest BCUT2D eigenvalue weighted by molar-refractivity contribution is 5.61. The van der Waals surface area contributed by atoms with E-state index in [0.29, 0.717) is 5.75 Å². The SMILES string of the molecule is COc1ccc(-c2nnc3n2CCC3)cc1OC. The fourth-order valence-electron chi connectivity index (χ4n) is 2.34. The molecule has 0 unspecified atom stereocenters. The van der Waals surface area contributed by atoms with E-state index in [1.54, 1.807) is 14.2 Å². The summed E-state index contributed by atoms with van der Waals surface area (Å²) in [7, 11) is 3.27. The minimum absolute atomic E-state index is 0.713. The average Bonchev–Trinajstić information content (AvgIpc) is 3.00. The molecule has 0 amide bonds. The van der Waals surface area contributed by atoms with Crippen molar-refractivity contribution in [3.8, 4) is 22.9 Å². The largest absolute Gasteiger partial charge is 0.493 e. The van der Waals surface area contributed by atoms with E-state index in [2.05, 4.69) is 14.8 Å². The van der Waals surface area contributed by atoms with Gasteiger partial charge in [0.2, 0.25) is 0 Å². The van der Waals surface area contributed by atoms with E-state index in [-0.39, 0.29) is 0 Å². The fraction of sp³-hybridized carbons (Fsp3) is 0.385. The van der Waals surface area contributed by atoms with Crippen molar-refractivity contribution in [2.75, 3.05) is 14.2 Å². The van der Waals surface area contributed by atoms with E-state index >= 15 is 0 Å². The topological polar surface area (TPSA) is 49.2 Å². The average molecular weight is 245 g/mol.